The molecular formula is C15H28N4. The molecule has 1 aromatic heterocycles. The smallest absolute Gasteiger partial charge is 0.137 e. The van der Waals surface area contributed by atoms with Crippen LogP contribution in [0.4, 0.5) is 11.6 Å². The summed E-state index contributed by atoms with van der Waals surface area (Å²) in [5.41, 5.74) is 1.25. The van der Waals surface area contributed by atoms with Crippen molar-refractivity contribution in [1.82, 2.24) is 9.97 Å². The van der Waals surface area contributed by atoms with E-state index in [9.17, 15) is 0 Å². The number of hydrogen-bond donors (Lipinski definition) is 1. The van der Waals surface area contributed by atoms with Crippen molar-refractivity contribution in [1.29, 1.82) is 0 Å². The standard InChI is InChI=1S/C15H28N4/c1-6-9-13-14(16-10-7-2)17-11-18-15(13)19(5)12(4)8-3/h11-12H,6-10H2,1-5H3,(H,16,17,18). The summed E-state index contributed by atoms with van der Waals surface area (Å²) in [4.78, 5) is 11.2. The van der Waals surface area contributed by atoms with Crippen molar-refractivity contribution in [2.75, 3.05) is 23.8 Å². The maximum atomic E-state index is 4.51. The fourth-order valence-corrected chi connectivity index (χ4v) is 2.07. The number of nitrogens with one attached hydrogen (secondary N) is 1. The Hall–Kier alpha value is -1.32. The molecule has 1 heterocycles. The second-order valence-corrected chi connectivity index (χ2v) is 5.07. The third kappa shape index (κ3) is 4.08. The number of hydrogen-bond acceptors (Lipinski definition) is 4. The molecular weight excluding hydrogens is 236 g/mol. The predicted molar refractivity (Wildman–Crippen MR) is 83.0 cm³/mol. The fraction of sp³-hybridized carbons (Fsp3) is 0.733. The van der Waals surface area contributed by atoms with Crippen LogP contribution in [-0.2, 0) is 6.42 Å². The van der Waals surface area contributed by atoms with Crippen LogP contribution in [0.5, 0.6) is 0 Å². The van der Waals surface area contributed by atoms with E-state index in [-0.39, 0.29) is 0 Å². The maximum absolute atomic E-state index is 4.51. The van der Waals surface area contributed by atoms with E-state index in [1.165, 1.54) is 5.56 Å². The Kier molecular flexibility index (Phi) is 6.60. The van der Waals surface area contributed by atoms with Crippen LogP contribution in [0.25, 0.3) is 0 Å². The predicted octanol–water partition coefficient (Wildman–Crippen LogP) is 3.49. The Labute approximate surface area is 117 Å². The Balaban J connectivity index is 3.07. The summed E-state index contributed by atoms with van der Waals surface area (Å²) in [5, 5.41) is 3.42. The van der Waals surface area contributed by atoms with E-state index in [1.807, 2.05) is 0 Å². The minimum absolute atomic E-state index is 0.490. The van der Waals surface area contributed by atoms with Gasteiger partial charge in [0.05, 0.1) is 0 Å². The van der Waals surface area contributed by atoms with Crippen LogP contribution < -0.4 is 10.2 Å². The van der Waals surface area contributed by atoms with Gasteiger partial charge in [0.2, 0.25) is 0 Å². The van der Waals surface area contributed by atoms with Crippen molar-refractivity contribution in [3.63, 3.8) is 0 Å². The fourth-order valence-electron chi connectivity index (χ4n) is 2.07. The molecule has 0 spiro atoms. The Morgan fingerprint density at radius 3 is 2.53 bits per heavy atom. The van der Waals surface area contributed by atoms with Crippen LogP contribution in [-0.4, -0.2) is 29.6 Å². The summed E-state index contributed by atoms with van der Waals surface area (Å²) in [6, 6.07) is 0.490. The molecule has 0 saturated carbocycles. The minimum atomic E-state index is 0.490. The summed E-state index contributed by atoms with van der Waals surface area (Å²) >= 11 is 0. The van der Waals surface area contributed by atoms with Crippen LogP contribution in [0, 0.1) is 0 Å². The maximum Gasteiger partial charge on any atom is 0.137 e. The van der Waals surface area contributed by atoms with Crippen LogP contribution >= 0.6 is 0 Å². The van der Waals surface area contributed by atoms with Gasteiger partial charge in [-0.15, -0.1) is 0 Å². The molecule has 19 heavy (non-hydrogen) atoms. The van der Waals surface area contributed by atoms with Gasteiger partial charge in [0.15, 0.2) is 0 Å². The zero-order chi connectivity index (χ0) is 14.3. The summed E-state index contributed by atoms with van der Waals surface area (Å²) in [6.07, 6.45) is 6.01. The molecule has 0 amide bonds. The van der Waals surface area contributed by atoms with E-state index < -0.39 is 0 Å². The molecule has 1 unspecified atom stereocenters. The average Bonchev–Trinajstić information content (AvgIpc) is 2.44. The topological polar surface area (TPSA) is 41.1 Å². The van der Waals surface area contributed by atoms with Crippen molar-refractivity contribution in [3.05, 3.63) is 11.9 Å². The Bertz CT molecular complexity index is 378. The van der Waals surface area contributed by atoms with Gasteiger partial charge in [-0.1, -0.05) is 27.2 Å². The summed E-state index contributed by atoms with van der Waals surface area (Å²) in [7, 11) is 2.12. The lowest BCUT2D eigenvalue weighted by Gasteiger charge is -2.27. The van der Waals surface area contributed by atoms with Crippen LogP contribution in [0.2, 0.25) is 0 Å². The molecule has 0 saturated heterocycles. The second kappa shape index (κ2) is 7.97. The lowest BCUT2D eigenvalue weighted by molar-refractivity contribution is 0.651. The zero-order valence-electron chi connectivity index (χ0n) is 13.0. The van der Waals surface area contributed by atoms with Crippen LogP contribution in [0.1, 0.15) is 52.5 Å². The molecule has 1 atom stereocenters. The first-order valence-electron chi connectivity index (χ1n) is 7.46. The van der Waals surface area contributed by atoms with Gasteiger partial charge in [-0.05, 0) is 26.2 Å². The largest absolute Gasteiger partial charge is 0.370 e. The SMILES string of the molecule is CCCNc1ncnc(N(C)C(C)CC)c1CCC. The lowest BCUT2D eigenvalue weighted by Crippen LogP contribution is -2.30. The quantitative estimate of drug-likeness (QED) is 0.780. The van der Waals surface area contributed by atoms with Crippen molar-refractivity contribution < 1.29 is 0 Å². The molecule has 0 bridgehead atoms. The van der Waals surface area contributed by atoms with Crippen LogP contribution in [0.3, 0.4) is 0 Å². The van der Waals surface area contributed by atoms with Gasteiger partial charge >= 0.3 is 0 Å². The summed E-state index contributed by atoms with van der Waals surface area (Å²) in [6.45, 7) is 9.76. The van der Waals surface area contributed by atoms with Gasteiger partial charge in [-0.25, -0.2) is 9.97 Å². The Morgan fingerprint density at radius 2 is 1.95 bits per heavy atom. The monoisotopic (exact) mass is 264 g/mol. The highest BCUT2D eigenvalue weighted by Gasteiger charge is 2.16. The van der Waals surface area contributed by atoms with Crippen molar-refractivity contribution in [3.8, 4) is 0 Å². The molecule has 1 N–H and O–H groups in total. The third-order valence-corrected chi connectivity index (χ3v) is 3.55. The molecule has 1 rings (SSSR count). The average molecular weight is 264 g/mol. The van der Waals surface area contributed by atoms with E-state index in [1.54, 1.807) is 6.33 Å². The molecule has 1 aromatic rings. The first kappa shape index (κ1) is 15.7. The van der Waals surface area contributed by atoms with Crippen molar-refractivity contribution >= 4 is 11.6 Å². The molecule has 0 aliphatic carbocycles. The molecule has 0 radical (unpaired) electrons. The molecule has 0 fully saturated rings. The lowest BCUT2D eigenvalue weighted by atomic mass is 10.1. The number of aromatic nitrogens is 2. The van der Waals surface area contributed by atoms with Gasteiger partial charge in [-0.3, -0.25) is 0 Å². The van der Waals surface area contributed by atoms with Gasteiger partial charge in [-0.2, -0.15) is 0 Å². The highest BCUT2D eigenvalue weighted by Crippen LogP contribution is 2.26. The summed E-state index contributed by atoms with van der Waals surface area (Å²) < 4.78 is 0. The molecule has 108 valence electrons. The number of rotatable bonds is 8. The van der Waals surface area contributed by atoms with E-state index in [2.05, 4.69) is 54.9 Å². The third-order valence-electron chi connectivity index (χ3n) is 3.55. The number of anilines is 2. The van der Waals surface area contributed by atoms with Gasteiger partial charge in [0.25, 0.3) is 0 Å². The highest BCUT2D eigenvalue weighted by atomic mass is 15.2. The second-order valence-electron chi connectivity index (χ2n) is 5.07. The molecule has 0 aliphatic heterocycles. The van der Waals surface area contributed by atoms with Gasteiger partial charge in [0, 0.05) is 25.2 Å². The first-order valence-corrected chi connectivity index (χ1v) is 7.46. The van der Waals surface area contributed by atoms with Gasteiger partial charge < -0.3 is 10.2 Å². The first-order chi connectivity index (χ1) is 9.15. The van der Waals surface area contributed by atoms with Gasteiger partial charge in [0.1, 0.15) is 18.0 Å². The molecule has 0 aromatic carbocycles. The minimum Gasteiger partial charge on any atom is -0.370 e. The Morgan fingerprint density at radius 1 is 1.21 bits per heavy atom. The van der Waals surface area contributed by atoms with Crippen molar-refractivity contribution in [2.24, 2.45) is 0 Å². The van der Waals surface area contributed by atoms with E-state index in [4.69, 9.17) is 0 Å². The van der Waals surface area contributed by atoms with E-state index in [0.717, 1.165) is 43.9 Å². The van der Waals surface area contributed by atoms with Crippen molar-refractivity contribution in [2.45, 2.75) is 59.4 Å². The highest BCUT2D eigenvalue weighted by molar-refractivity contribution is 5.59. The normalized spacial score (nSPS) is 12.3. The zero-order valence-corrected chi connectivity index (χ0v) is 13.0. The van der Waals surface area contributed by atoms with Crippen LogP contribution in [0.15, 0.2) is 6.33 Å². The molecule has 0 aliphatic rings. The molecule has 4 heteroatoms. The number of nitrogens with zero attached hydrogens (tertiary/aromatic N) is 3. The molecule has 4 nitrogen and oxygen atoms in total. The van der Waals surface area contributed by atoms with E-state index in [0.29, 0.717) is 6.04 Å². The summed E-state index contributed by atoms with van der Waals surface area (Å²) in [5.74, 6) is 2.08. The van der Waals surface area contributed by atoms with E-state index >= 15 is 0 Å².